The van der Waals surface area contributed by atoms with Crippen LogP contribution in [-0.4, -0.2) is 41.7 Å². The molecule has 1 aliphatic rings. The summed E-state index contributed by atoms with van der Waals surface area (Å²) in [5, 5.41) is 4.22. The minimum absolute atomic E-state index is 0.0475. The zero-order valence-corrected chi connectivity index (χ0v) is 8.05. The fraction of sp³-hybridized carbons (Fsp3) is 0.750. The Morgan fingerprint density at radius 3 is 1.73 bits per heavy atom. The highest BCUT2D eigenvalue weighted by atomic mass is 15.8. The van der Waals surface area contributed by atoms with E-state index in [1.54, 1.807) is 0 Å². The Balaban J connectivity index is 2.96. The van der Waals surface area contributed by atoms with Gasteiger partial charge in [0.25, 0.3) is 0 Å². The summed E-state index contributed by atoms with van der Waals surface area (Å²) in [5.74, 6) is 1.04. The van der Waals surface area contributed by atoms with Gasteiger partial charge in [-0.3, -0.25) is 5.01 Å². The second-order valence-electron chi connectivity index (χ2n) is 3.52. The molecule has 0 aromatic rings. The minimum atomic E-state index is 0.0475. The molecule has 3 heteroatoms. The molecule has 0 spiro atoms. The van der Waals surface area contributed by atoms with E-state index >= 15 is 0 Å². The van der Waals surface area contributed by atoms with Gasteiger partial charge in [0.2, 0.25) is 0 Å². The minimum Gasteiger partial charge on any atom is -0.341 e. The number of hydrazine groups is 1. The monoisotopic (exact) mass is 155 g/mol. The highest BCUT2D eigenvalue weighted by Crippen LogP contribution is 2.30. The Morgan fingerprint density at radius 1 is 1.18 bits per heavy atom. The normalized spacial score (nSPS) is 25.0. The standard InChI is InChI=1S/C8H17N3/c1-7-9(4)8(2,3)11(6)10(7)5/h1H2,2-6H3. The van der Waals surface area contributed by atoms with E-state index in [4.69, 9.17) is 0 Å². The van der Waals surface area contributed by atoms with Gasteiger partial charge in [-0.25, -0.2) is 0 Å². The van der Waals surface area contributed by atoms with Crippen LogP contribution in [0.4, 0.5) is 0 Å². The van der Waals surface area contributed by atoms with Crippen LogP contribution in [0.5, 0.6) is 0 Å². The predicted molar refractivity (Wildman–Crippen MR) is 46.5 cm³/mol. The molecule has 0 N–H and O–H groups in total. The second-order valence-corrected chi connectivity index (χ2v) is 3.52. The first-order valence-corrected chi connectivity index (χ1v) is 3.79. The van der Waals surface area contributed by atoms with Crippen molar-refractivity contribution >= 4 is 0 Å². The summed E-state index contributed by atoms with van der Waals surface area (Å²) < 4.78 is 0. The quantitative estimate of drug-likeness (QED) is 0.515. The summed E-state index contributed by atoms with van der Waals surface area (Å²) in [5.41, 5.74) is 0.0475. The molecule has 0 unspecified atom stereocenters. The molecule has 0 bridgehead atoms. The first-order chi connectivity index (χ1) is 4.89. The highest BCUT2D eigenvalue weighted by Gasteiger charge is 2.39. The maximum absolute atomic E-state index is 3.97. The summed E-state index contributed by atoms with van der Waals surface area (Å²) in [7, 11) is 6.14. The van der Waals surface area contributed by atoms with Gasteiger partial charge in [-0.05, 0) is 13.8 Å². The summed E-state index contributed by atoms with van der Waals surface area (Å²) in [6.07, 6.45) is 0. The van der Waals surface area contributed by atoms with Crippen molar-refractivity contribution in [1.29, 1.82) is 0 Å². The first-order valence-electron chi connectivity index (χ1n) is 3.79. The molecule has 1 rings (SSSR count). The Bertz CT molecular complexity index is 186. The third kappa shape index (κ3) is 0.913. The first kappa shape index (κ1) is 8.40. The molecule has 3 nitrogen and oxygen atoms in total. The van der Waals surface area contributed by atoms with E-state index in [0.717, 1.165) is 5.82 Å². The van der Waals surface area contributed by atoms with Gasteiger partial charge in [-0.15, -0.1) is 0 Å². The Morgan fingerprint density at radius 2 is 1.64 bits per heavy atom. The molecule has 11 heavy (non-hydrogen) atoms. The van der Waals surface area contributed by atoms with Gasteiger partial charge < -0.3 is 4.90 Å². The van der Waals surface area contributed by atoms with E-state index in [0.29, 0.717) is 0 Å². The van der Waals surface area contributed by atoms with Crippen molar-refractivity contribution in [2.24, 2.45) is 0 Å². The summed E-state index contributed by atoms with van der Waals surface area (Å²) in [6.45, 7) is 8.31. The summed E-state index contributed by atoms with van der Waals surface area (Å²) in [4.78, 5) is 2.16. The lowest BCUT2D eigenvalue weighted by Crippen LogP contribution is -2.46. The van der Waals surface area contributed by atoms with Crippen LogP contribution in [0.15, 0.2) is 12.4 Å². The maximum Gasteiger partial charge on any atom is 0.112 e. The zero-order valence-electron chi connectivity index (χ0n) is 8.05. The van der Waals surface area contributed by atoms with Crippen LogP contribution in [0.25, 0.3) is 0 Å². The van der Waals surface area contributed by atoms with Gasteiger partial charge in [-0.2, -0.15) is 5.01 Å². The lowest BCUT2D eigenvalue weighted by Gasteiger charge is -2.33. The van der Waals surface area contributed by atoms with Gasteiger partial charge in [0.15, 0.2) is 0 Å². The van der Waals surface area contributed by atoms with E-state index in [2.05, 4.69) is 49.4 Å². The molecular weight excluding hydrogens is 138 g/mol. The van der Waals surface area contributed by atoms with Crippen LogP contribution in [0, 0.1) is 0 Å². The van der Waals surface area contributed by atoms with Crippen LogP contribution >= 0.6 is 0 Å². The Hall–Kier alpha value is -0.700. The average molecular weight is 155 g/mol. The van der Waals surface area contributed by atoms with Gasteiger partial charge in [-0.1, -0.05) is 6.58 Å². The molecule has 1 saturated heterocycles. The third-order valence-electron chi connectivity index (χ3n) is 2.82. The number of nitrogens with zero attached hydrogens (tertiary/aromatic N) is 3. The van der Waals surface area contributed by atoms with Crippen LogP contribution in [0.2, 0.25) is 0 Å². The van der Waals surface area contributed by atoms with Crippen molar-refractivity contribution in [3.63, 3.8) is 0 Å². The molecule has 0 amide bonds. The van der Waals surface area contributed by atoms with Gasteiger partial charge >= 0.3 is 0 Å². The molecule has 0 aliphatic carbocycles. The molecule has 64 valence electrons. The van der Waals surface area contributed by atoms with Gasteiger partial charge in [0.1, 0.15) is 11.5 Å². The van der Waals surface area contributed by atoms with Crippen molar-refractivity contribution < 1.29 is 0 Å². The van der Waals surface area contributed by atoms with Crippen molar-refractivity contribution in [3.05, 3.63) is 12.4 Å². The second kappa shape index (κ2) is 2.14. The van der Waals surface area contributed by atoms with E-state index in [1.807, 2.05) is 7.05 Å². The molecular formula is C8H17N3. The lowest BCUT2D eigenvalue weighted by atomic mass is 10.2. The van der Waals surface area contributed by atoms with E-state index in [1.165, 1.54) is 0 Å². The maximum atomic E-state index is 3.97. The van der Waals surface area contributed by atoms with Gasteiger partial charge in [0.05, 0.1) is 0 Å². The number of rotatable bonds is 0. The summed E-state index contributed by atoms with van der Waals surface area (Å²) >= 11 is 0. The van der Waals surface area contributed by atoms with E-state index in [9.17, 15) is 0 Å². The predicted octanol–water partition coefficient (Wildman–Crippen LogP) is 0.918. The number of hydrogen-bond acceptors (Lipinski definition) is 3. The van der Waals surface area contributed by atoms with Crippen LogP contribution in [-0.2, 0) is 0 Å². The molecule has 1 heterocycles. The van der Waals surface area contributed by atoms with Crippen LogP contribution in [0.1, 0.15) is 13.8 Å². The molecule has 0 atom stereocenters. The molecule has 1 aliphatic heterocycles. The third-order valence-corrected chi connectivity index (χ3v) is 2.82. The molecule has 0 radical (unpaired) electrons. The van der Waals surface area contributed by atoms with E-state index < -0.39 is 0 Å². The smallest absolute Gasteiger partial charge is 0.112 e. The molecule has 0 saturated carbocycles. The number of hydrogen-bond donors (Lipinski definition) is 0. The van der Waals surface area contributed by atoms with Gasteiger partial charge in [0, 0.05) is 21.1 Å². The Labute approximate surface area is 68.8 Å². The van der Waals surface area contributed by atoms with Crippen LogP contribution < -0.4 is 0 Å². The van der Waals surface area contributed by atoms with Crippen LogP contribution in [0.3, 0.4) is 0 Å². The fourth-order valence-electron chi connectivity index (χ4n) is 1.29. The zero-order chi connectivity index (χ0) is 8.81. The van der Waals surface area contributed by atoms with Crippen molar-refractivity contribution in [2.45, 2.75) is 19.5 Å². The largest absolute Gasteiger partial charge is 0.341 e. The fourth-order valence-corrected chi connectivity index (χ4v) is 1.29. The Kier molecular flexibility index (Phi) is 1.63. The molecule has 0 aromatic carbocycles. The summed E-state index contributed by atoms with van der Waals surface area (Å²) in [6, 6.07) is 0. The lowest BCUT2D eigenvalue weighted by molar-refractivity contribution is -0.00267. The van der Waals surface area contributed by atoms with Crippen molar-refractivity contribution in [2.75, 3.05) is 21.1 Å². The highest BCUT2D eigenvalue weighted by molar-refractivity contribution is 5.02. The van der Waals surface area contributed by atoms with Crippen molar-refractivity contribution in [3.8, 4) is 0 Å². The average Bonchev–Trinajstić information content (AvgIpc) is 2.06. The van der Waals surface area contributed by atoms with Crippen molar-refractivity contribution in [1.82, 2.24) is 14.9 Å². The molecule has 0 aromatic heterocycles. The topological polar surface area (TPSA) is 9.72 Å². The SMILES string of the molecule is C=C1N(C)N(C)C(C)(C)N1C. The van der Waals surface area contributed by atoms with E-state index in [-0.39, 0.29) is 5.66 Å². The molecule has 1 fully saturated rings.